The molecule has 0 spiro atoms. The first-order valence-electron chi connectivity index (χ1n) is 11.6. The number of nitriles is 2. The van der Waals surface area contributed by atoms with Crippen molar-refractivity contribution in [2.24, 2.45) is 5.92 Å². The summed E-state index contributed by atoms with van der Waals surface area (Å²) in [6, 6.07) is 8.39. The number of hydrogen-bond donors (Lipinski definition) is 0. The fourth-order valence-electron chi connectivity index (χ4n) is 4.10. The van der Waals surface area contributed by atoms with Gasteiger partial charge < -0.3 is 0 Å². The SMILES string of the molecule is [C-]#[N+]/C(C#N)=C\c1c(CC(CC)CCCC)sc2cc(-c3cc4scc(/C=C(\C#N)[N+]#[C-])c4s3)sc12. The Kier molecular flexibility index (Phi) is 8.37. The zero-order chi connectivity index (χ0) is 25.7. The Hall–Kier alpha value is -3.24. The van der Waals surface area contributed by atoms with Crippen LogP contribution in [0.1, 0.15) is 55.5 Å². The van der Waals surface area contributed by atoms with Crippen LogP contribution in [0.2, 0.25) is 0 Å². The third-order valence-corrected chi connectivity index (χ3v) is 11.0. The molecule has 0 aliphatic carbocycles. The van der Waals surface area contributed by atoms with Gasteiger partial charge in [-0.05, 0) is 53.1 Å². The maximum Gasteiger partial charge on any atom is 0.262 e. The van der Waals surface area contributed by atoms with E-state index >= 15 is 0 Å². The minimum absolute atomic E-state index is 0.0858. The number of hydrogen-bond acceptors (Lipinski definition) is 6. The van der Waals surface area contributed by atoms with Crippen molar-refractivity contribution < 1.29 is 0 Å². The highest BCUT2D eigenvalue weighted by Crippen LogP contribution is 2.47. The van der Waals surface area contributed by atoms with Gasteiger partial charge in [-0.2, -0.15) is 0 Å². The molecule has 0 aromatic carbocycles. The molecule has 4 heterocycles. The van der Waals surface area contributed by atoms with E-state index in [1.54, 1.807) is 57.5 Å². The lowest BCUT2D eigenvalue weighted by atomic mass is 9.94. The van der Waals surface area contributed by atoms with Gasteiger partial charge in [0.05, 0.1) is 34.7 Å². The molecule has 1 atom stereocenters. The van der Waals surface area contributed by atoms with E-state index in [2.05, 4.69) is 35.7 Å². The van der Waals surface area contributed by atoms with Crippen LogP contribution in [0.15, 0.2) is 28.9 Å². The van der Waals surface area contributed by atoms with Crippen molar-refractivity contribution in [3.05, 3.63) is 67.7 Å². The highest BCUT2D eigenvalue weighted by Gasteiger charge is 2.20. The topological polar surface area (TPSA) is 56.3 Å². The molecule has 4 nitrogen and oxygen atoms in total. The van der Waals surface area contributed by atoms with Crippen LogP contribution in [0.3, 0.4) is 0 Å². The molecule has 0 radical (unpaired) electrons. The predicted octanol–water partition coefficient (Wildman–Crippen LogP) is 10.2. The Labute approximate surface area is 227 Å². The van der Waals surface area contributed by atoms with E-state index in [-0.39, 0.29) is 11.4 Å². The zero-order valence-corrected chi connectivity index (χ0v) is 23.2. The van der Waals surface area contributed by atoms with Gasteiger partial charge in [0.15, 0.2) is 0 Å². The number of fused-ring (bicyclic) bond motifs is 2. The van der Waals surface area contributed by atoms with Gasteiger partial charge in [-0.15, -0.1) is 45.3 Å². The van der Waals surface area contributed by atoms with Gasteiger partial charge in [0, 0.05) is 24.0 Å². The number of rotatable bonds is 9. The van der Waals surface area contributed by atoms with Crippen LogP contribution in [0, 0.1) is 41.7 Å². The molecule has 4 rings (SSSR count). The van der Waals surface area contributed by atoms with Gasteiger partial charge in [-0.25, -0.2) is 20.2 Å². The molecule has 0 aliphatic heterocycles. The van der Waals surface area contributed by atoms with Crippen molar-refractivity contribution in [2.45, 2.75) is 46.0 Å². The fourth-order valence-corrected chi connectivity index (χ4v) is 9.21. The monoisotopic (exact) mass is 542 g/mol. The van der Waals surface area contributed by atoms with Crippen molar-refractivity contribution in [1.82, 2.24) is 0 Å². The number of allylic oxidation sites excluding steroid dienone is 2. The molecular weight excluding hydrogens is 521 g/mol. The molecule has 0 bridgehead atoms. The Balaban J connectivity index is 1.77. The standard InChI is InChI=1S/C28H22N4S4/c1-5-7-8-17(6-2)9-22-21(11-20(15-30)32-4)28-26(34-22)13-24(36-28)23-12-25-27(35-23)18(16-33-25)10-19(14-29)31-3/h10-13,16-17H,5-9H2,1-2H3/b19-10+,20-11-. The lowest BCUT2D eigenvalue weighted by Crippen LogP contribution is -2.03. The molecular formula is C28H22N4S4. The summed E-state index contributed by atoms with van der Waals surface area (Å²) in [6.07, 6.45) is 9.14. The van der Waals surface area contributed by atoms with E-state index in [4.69, 9.17) is 18.4 Å². The fraction of sp³-hybridized carbons (Fsp3) is 0.286. The van der Waals surface area contributed by atoms with E-state index in [0.717, 1.165) is 47.8 Å². The highest BCUT2D eigenvalue weighted by molar-refractivity contribution is 7.34. The van der Waals surface area contributed by atoms with Gasteiger partial charge in [-0.1, -0.05) is 39.5 Å². The number of thiophene rings is 4. The number of nitrogens with zero attached hydrogens (tertiary/aromatic N) is 4. The van der Waals surface area contributed by atoms with Crippen LogP contribution >= 0.6 is 45.3 Å². The van der Waals surface area contributed by atoms with Crippen molar-refractivity contribution in [1.29, 1.82) is 10.5 Å². The summed E-state index contributed by atoms with van der Waals surface area (Å²) in [6.45, 7) is 19.0. The Morgan fingerprint density at radius 1 is 0.972 bits per heavy atom. The first kappa shape index (κ1) is 25.8. The molecule has 4 aromatic heterocycles. The first-order valence-corrected chi connectivity index (χ1v) is 14.9. The van der Waals surface area contributed by atoms with Crippen molar-refractivity contribution in [2.75, 3.05) is 0 Å². The Morgan fingerprint density at radius 3 is 2.28 bits per heavy atom. The largest absolute Gasteiger partial charge is 0.262 e. The van der Waals surface area contributed by atoms with Crippen LogP contribution in [-0.4, -0.2) is 0 Å². The average molecular weight is 543 g/mol. The van der Waals surface area contributed by atoms with E-state index in [1.807, 2.05) is 17.5 Å². The first-order chi connectivity index (χ1) is 17.5. The summed E-state index contributed by atoms with van der Waals surface area (Å²) in [5, 5.41) is 20.6. The highest BCUT2D eigenvalue weighted by atomic mass is 32.1. The Bertz CT molecular complexity index is 1610. The van der Waals surface area contributed by atoms with Crippen molar-refractivity contribution >= 4 is 76.3 Å². The molecule has 0 fully saturated rings. The second-order valence-corrected chi connectivity index (χ2v) is 12.5. The second-order valence-electron chi connectivity index (χ2n) is 8.37. The summed E-state index contributed by atoms with van der Waals surface area (Å²) in [4.78, 5) is 10.3. The molecule has 0 aliphatic rings. The molecule has 8 heteroatoms. The van der Waals surface area contributed by atoms with Crippen LogP contribution < -0.4 is 0 Å². The Morgan fingerprint density at radius 2 is 1.64 bits per heavy atom. The molecule has 1 unspecified atom stereocenters. The van der Waals surface area contributed by atoms with Gasteiger partial charge in [0.25, 0.3) is 11.4 Å². The molecule has 36 heavy (non-hydrogen) atoms. The average Bonchev–Trinajstić information content (AvgIpc) is 3.65. The van der Waals surface area contributed by atoms with Gasteiger partial charge >= 0.3 is 0 Å². The molecule has 0 saturated heterocycles. The summed E-state index contributed by atoms with van der Waals surface area (Å²) in [5.41, 5.74) is 2.15. The molecule has 0 amide bonds. The third-order valence-electron chi connectivity index (χ3n) is 6.05. The maximum absolute atomic E-state index is 9.43. The van der Waals surface area contributed by atoms with E-state index in [0.29, 0.717) is 5.92 Å². The quantitative estimate of drug-likeness (QED) is 0.156. The van der Waals surface area contributed by atoms with E-state index in [9.17, 15) is 5.26 Å². The summed E-state index contributed by atoms with van der Waals surface area (Å²) in [7, 11) is 0. The minimum Gasteiger partial charge on any atom is -0.227 e. The van der Waals surface area contributed by atoms with Gasteiger partial charge in [0.2, 0.25) is 0 Å². The van der Waals surface area contributed by atoms with Gasteiger partial charge in [0.1, 0.15) is 0 Å². The summed E-state index contributed by atoms with van der Waals surface area (Å²) in [5.74, 6) is 0.604. The van der Waals surface area contributed by atoms with E-state index in [1.165, 1.54) is 28.8 Å². The predicted molar refractivity (Wildman–Crippen MR) is 156 cm³/mol. The summed E-state index contributed by atoms with van der Waals surface area (Å²) < 4.78 is 4.57. The van der Waals surface area contributed by atoms with Crippen LogP contribution in [0.25, 0.3) is 50.4 Å². The smallest absolute Gasteiger partial charge is 0.227 e. The van der Waals surface area contributed by atoms with Crippen LogP contribution in [-0.2, 0) is 6.42 Å². The zero-order valence-electron chi connectivity index (χ0n) is 19.9. The normalized spacial score (nSPS) is 12.8. The minimum atomic E-state index is 0.0858. The van der Waals surface area contributed by atoms with E-state index < -0.39 is 0 Å². The van der Waals surface area contributed by atoms with Crippen LogP contribution in [0.4, 0.5) is 0 Å². The number of unbranched alkanes of at least 4 members (excludes halogenated alkanes) is 1. The van der Waals surface area contributed by atoms with Crippen molar-refractivity contribution in [3.8, 4) is 21.9 Å². The molecule has 178 valence electrons. The molecule has 0 saturated carbocycles. The molecule has 4 aromatic rings. The van der Waals surface area contributed by atoms with Crippen LogP contribution in [0.5, 0.6) is 0 Å². The van der Waals surface area contributed by atoms with Crippen molar-refractivity contribution in [3.63, 3.8) is 0 Å². The molecule has 0 N–H and O–H groups in total. The lowest BCUT2D eigenvalue weighted by Gasteiger charge is -2.14. The van der Waals surface area contributed by atoms with Gasteiger partial charge in [-0.3, -0.25) is 0 Å². The second kappa shape index (κ2) is 11.7. The third kappa shape index (κ3) is 5.29. The maximum atomic E-state index is 9.43. The lowest BCUT2D eigenvalue weighted by molar-refractivity contribution is 0.452. The summed E-state index contributed by atoms with van der Waals surface area (Å²) >= 11 is 6.79.